The van der Waals surface area contributed by atoms with Gasteiger partial charge in [-0.3, -0.25) is 0 Å². The van der Waals surface area contributed by atoms with Crippen molar-refractivity contribution in [3.63, 3.8) is 0 Å². The summed E-state index contributed by atoms with van der Waals surface area (Å²) in [6, 6.07) is 4.46. The van der Waals surface area contributed by atoms with Crippen LogP contribution in [0.2, 0.25) is 0 Å². The maximum atomic E-state index is 4.03. The van der Waals surface area contributed by atoms with Crippen LogP contribution in [0.15, 0.2) is 18.3 Å². The van der Waals surface area contributed by atoms with Gasteiger partial charge in [0.25, 0.3) is 0 Å². The molecule has 4 aliphatic rings. The van der Waals surface area contributed by atoms with Crippen molar-refractivity contribution in [3.8, 4) is 0 Å². The lowest BCUT2D eigenvalue weighted by molar-refractivity contribution is -0.118. The van der Waals surface area contributed by atoms with E-state index in [9.17, 15) is 0 Å². The fourth-order valence-electron chi connectivity index (χ4n) is 6.84. The van der Waals surface area contributed by atoms with E-state index in [1.807, 2.05) is 0 Å². The van der Waals surface area contributed by atoms with Crippen LogP contribution in [0.4, 0.5) is 0 Å². The van der Waals surface area contributed by atoms with Gasteiger partial charge in [0.05, 0.1) is 0 Å². The topological polar surface area (TPSA) is 17.0 Å². The highest BCUT2D eigenvalue weighted by molar-refractivity contribution is 5.15. The molecule has 2 nitrogen and oxygen atoms in total. The van der Waals surface area contributed by atoms with E-state index in [0.717, 1.165) is 19.0 Å². The first kappa shape index (κ1) is 13.9. The highest BCUT2D eigenvalue weighted by atomic mass is 15.0. The van der Waals surface area contributed by atoms with Crippen LogP contribution in [0, 0.1) is 16.7 Å². The molecule has 0 aliphatic heterocycles. The van der Waals surface area contributed by atoms with Crippen molar-refractivity contribution >= 4 is 0 Å². The predicted octanol–water partition coefficient (Wildman–Crippen LogP) is 4.35. The van der Waals surface area contributed by atoms with Crippen molar-refractivity contribution in [2.75, 3.05) is 0 Å². The molecule has 0 saturated heterocycles. The first-order valence-corrected chi connectivity index (χ1v) is 8.82. The molecule has 0 spiro atoms. The van der Waals surface area contributed by atoms with E-state index in [4.69, 9.17) is 0 Å². The Morgan fingerprint density at radius 1 is 1.14 bits per heavy atom. The zero-order valence-electron chi connectivity index (χ0n) is 13.9. The Labute approximate surface area is 129 Å². The molecule has 0 radical (unpaired) electrons. The van der Waals surface area contributed by atoms with Crippen LogP contribution in [0.25, 0.3) is 0 Å². The molecule has 1 heterocycles. The number of aryl methyl sites for hydroxylation is 1. The van der Waals surface area contributed by atoms with Gasteiger partial charge in [-0.05, 0) is 74.3 Å². The minimum Gasteiger partial charge on any atom is -0.351 e. The number of nitrogens with zero attached hydrogens (tertiary/aromatic N) is 1. The first-order chi connectivity index (χ1) is 9.93. The van der Waals surface area contributed by atoms with Crippen LogP contribution < -0.4 is 5.32 Å². The third kappa shape index (κ3) is 2.27. The number of hydrogen-bond acceptors (Lipinski definition) is 1. The minimum atomic E-state index is 0.422. The summed E-state index contributed by atoms with van der Waals surface area (Å²) in [5.74, 6) is 0.974. The maximum Gasteiger partial charge on any atom is 0.0364 e. The summed E-state index contributed by atoms with van der Waals surface area (Å²) in [5.41, 5.74) is 3.08. The molecule has 0 aromatic carbocycles. The van der Waals surface area contributed by atoms with Gasteiger partial charge in [0.15, 0.2) is 0 Å². The summed E-state index contributed by atoms with van der Waals surface area (Å²) in [6.45, 7) is 9.47. The number of aromatic nitrogens is 1. The van der Waals surface area contributed by atoms with Crippen LogP contribution in [0.1, 0.15) is 65.0 Å². The van der Waals surface area contributed by atoms with Gasteiger partial charge in [-0.1, -0.05) is 13.8 Å². The predicted molar refractivity (Wildman–Crippen MR) is 87.1 cm³/mol. The van der Waals surface area contributed by atoms with Gasteiger partial charge in [0.2, 0.25) is 0 Å². The van der Waals surface area contributed by atoms with Crippen molar-refractivity contribution in [3.05, 3.63) is 24.0 Å². The van der Waals surface area contributed by atoms with Crippen molar-refractivity contribution in [1.29, 1.82) is 0 Å². The largest absolute Gasteiger partial charge is 0.351 e. The highest BCUT2D eigenvalue weighted by Crippen LogP contribution is 2.66. The normalized spacial score (nSPS) is 44.4. The van der Waals surface area contributed by atoms with E-state index in [0.29, 0.717) is 16.4 Å². The molecule has 4 saturated carbocycles. The Bertz CT molecular complexity index is 526. The van der Waals surface area contributed by atoms with Crippen molar-refractivity contribution in [2.45, 2.75) is 77.9 Å². The molecule has 5 rings (SSSR count). The first-order valence-electron chi connectivity index (χ1n) is 8.82. The third-order valence-corrected chi connectivity index (χ3v) is 6.53. The standard InChI is InChI=1S/C19H30N2/c1-4-21-7-5-6-16(21)11-20-19-10-15-8-17(2,13-19)12-18(3,9-15)14-19/h5-7,15,20H,4,8-14H2,1-3H3. The fourth-order valence-corrected chi connectivity index (χ4v) is 6.84. The van der Waals surface area contributed by atoms with E-state index in [-0.39, 0.29) is 0 Å². The Kier molecular flexibility index (Phi) is 2.89. The lowest BCUT2D eigenvalue weighted by Gasteiger charge is -2.65. The molecule has 1 aromatic heterocycles. The van der Waals surface area contributed by atoms with Crippen LogP contribution in [-0.4, -0.2) is 10.1 Å². The van der Waals surface area contributed by atoms with Gasteiger partial charge in [-0.25, -0.2) is 0 Å². The lowest BCUT2D eigenvalue weighted by atomic mass is 9.43. The summed E-state index contributed by atoms with van der Waals surface area (Å²) in [4.78, 5) is 0. The number of rotatable bonds is 4. The summed E-state index contributed by atoms with van der Waals surface area (Å²) < 4.78 is 2.37. The van der Waals surface area contributed by atoms with Crippen LogP contribution in [0.5, 0.6) is 0 Å². The molecule has 21 heavy (non-hydrogen) atoms. The van der Waals surface area contributed by atoms with Crippen molar-refractivity contribution < 1.29 is 0 Å². The van der Waals surface area contributed by atoms with Crippen LogP contribution in [0.3, 0.4) is 0 Å². The van der Waals surface area contributed by atoms with Gasteiger partial charge in [0, 0.05) is 30.5 Å². The third-order valence-electron chi connectivity index (χ3n) is 6.53. The van der Waals surface area contributed by atoms with Crippen LogP contribution in [-0.2, 0) is 13.1 Å². The SMILES string of the molecule is CCn1cccc1CNC12CC3CC(C)(CC(C)(C3)C1)C2. The van der Waals surface area contributed by atoms with Gasteiger partial charge in [-0.2, -0.15) is 0 Å². The second-order valence-corrected chi connectivity index (χ2v) is 9.05. The van der Waals surface area contributed by atoms with E-state index >= 15 is 0 Å². The zero-order chi connectivity index (χ0) is 14.7. The summed E-state index contributed by atoms with van der Waals surface area (Å²) in [5, 5.41) is 4.03. The molecular formula is C19H30N2. The Hall–Kier alpha value is -0.760. The lowest BCUT2D eigenvalue weighted by Crippen LogP contribution is -2.63. The summed E-state index contributed by atoms with van der Waals surface area (Å²) in [7, 11) is 0. The molecular weight excluding hydrogens is 256 g/mol. The average molecular weight is 286 g/mol. The molecule has 4 aliphatic carbocycles. The quantitative estimate of drug-likeness (QED) is 0.871. The van der Waals surface area contributed by atoms with Gasteiger partial charge >= 0.3 is 0 Å². The van der Waals surface area contributed by atoms with E-state index < -0.39 is 0 Å². The van der Waals surface area contributed by atoms with Gasteiger partial charge in [-0.15, -0.1) is 0 Å². The summed E-state index contributed by atoms with van der Waals surface area (Å²) in [6.07, 6.45) is 10.9. The molecule has 4 bridgehead atoms. The molecule has 4 fully saturated rings. The monoisotopic (exact) mass is 286 g/mol. The molecule has 116 valence electrons. The van der Waals surface area contributed by atoms with Gasteiger partial charge < -0.3 is 9.88 Å². The molecule has 2 heteroatoms. The Morgan fingerprint density at radius 2 is 1.86 bits per heavy atom. The Morgan fingerprint density at radius 3 is 2.48 bits per heavy atom. The van der Waals surface area contributed by atoms with E-state index in [1.165, 1.54) is 44.2 Å². The van der Waals surface area contributed by atoms with Gasteiger partial charge in [0.1, 0.15) is 0 Å². The molecule has 0 amide bonds. The second kappa shape index (κ2) is 4.38. The maximum absolute atomic E-state index is 4.03. The molecule has 1 aromatic rings. The Balaban J connectivity index is 1.55. The van der Waals surface area contributed by atoms with Crippen LogP contribution >= 0.6 is 0 Å². The van der Waals surface area contributed by atoms with E-state index in [2.05, 4.69) is 49.0 Å². The average Bonchev–Trinajstić information content (AvgIpc) is 2.79. The smallest absolute Gasteiger partial charge is 0.0364 e. The highest BCUT2D eigenvalue weighted by Gasteiger charge is 2.59. The zero-order valence-corrected chi connectivity index (χ0v) is 13.9. The molecule has 2 unspecified atom stereocenters. The second-order valence-electron chi connectivity index (χ2n) is 9.05. The summed E-state index contributed by atoms with van der Waals surface area (Å²) >= 11 is 0. The minimum absolute atomic E-state index is 0.422. The van der Waals surface area contributed by atoms with Crippen molar-refractivity contribution in [1.82, 2.24) is 9.88 Å². The number of nitrogens with one attached hydrogen (secondary N) is 1. The molecule has 2 atom stereocenters. The van der Waals surface area contributed by atoms with Crippen molar-refractivity contribution in [2.24, 2.45) is 16.7 Å². The number of hydrogen-bond donors (Lipinski definition) is 1. The van der Waals surface area contributed by atoms with E-state index in [1.54, 1.807) is 0 Å². The molecule has 1 N–H and O–H groups in total. The fraction of sp³-hybridized carbons (Fsp3) is 0.789.